The molecule has 0 unspecified atom stereocenters. The van der Waals surface area contributed by atoms with Gasteiger partial charge in [0.15, 0.2) is 0 Å². The van der Waals surface area contributed by atoms with Crippen molar-refractivity contribution < 1.29 is 0 Å². The molecule has 0 aliphatic rings. The molecule has 13 heavy (non-hydrogen) atoms. The maximum Gasteiger partial charge on any atom is 0.00970 e. The van der Waals surface area contributed by atoms with Crippen molar-refractivity contribution in [3.05, 3.63) is 22.4 Å². The molecule has 0 atom stereocenters. The van der Waals surface area contributed by atoms with Crippen LogP contribution >= 0.6 is 11.3 Å². The molecular weight excluding hydrogens is 178 g/mol. The molecule has 1 nitrogen and oxygen atoms in total. The molecule has 0 aliphatic heterocycles. The van der Waals surface area contributed by atoms with Gasteiger partial charge >= 0.3 is 0 Å². The van der Waals surface area contributed by atoms with Crippen molar-refractivity contribution in [3.63, 3.8) is 0 Å². The standard InChI is InChI=1S/C11H19NS/c1-11(2,12)7-4-3-5-10-6-8-13-9-10/h6,8-9H,3-5,7,12H2,1-2H3. The van der Waals surface area contributed by atoms with Gasteiger partial charge in [-0.15, -0.1) is 0 Å². The highest BCUT2D eigenvalue weighted by Gasteiger charge is 2.08. The molecule has 0 radical (unpaired) electrons. The summed E-state index contributed by atoms with van der Waals surface area (Å²) in [6.07, 6.45) is 4.83. The summed E-state index contributed by atoms with van der Waals surface area (Å²) in [4.78, 5) is 0. The van der Waals surface area contributed by atoms with E-state index in [2.05, 4.69) is 30.7 Å². The fraction of sp³-hybridized carbons (Fsp3) is 0.636. The third-order valence-electron chi connectivity index (χ3n) is 2.12. The Morgan fingerprint density at radius 2 is 2.15 bits per heavy atom. The molecule has 2 N–H and O–H groups in total. The Balaban J connectivity index is 2.09. The highest BCUT2D eigenvalue weighted by Crippen LogP contribution is 2.13. The van der Waals surface area contributed by atoms with Gasteiger partial charge < -0.3 is 5.73 Å². The number of unbranched alkanes of at least 4 members (excludes halogenated alkanes) is 1. The fourth-order valence-corrected chi connectivity index (χ4v) is 2.05. The van der Waals surface area contributed by atoms with Crippen molar-refractivity contribution >= 4 is 11.3 Å². The van der Waals surface area contributed by atoms with E-state index in [-0.39, 0.29) is 5.54 Å². The van der Waals surface area contributed by atoms with Crippen molar-refractivity contribution in [2.75, 3.05) is 0 Å². The molecule has 0 bridgehead atoms. The number of thiophene rings is 1. The van der Waals surface area contributed by atoms with Crippen LogP contribution in [0.3, 0.4) is 0 Å². The van der Waals surface area contributed by atoms with Gasteiger partial charge in [0.25, 0.3) is 0 Å². The molecule has 1 aromatic heterocycles. The Labute approximate surface area is 85.0 Å². The molecule has 0 saturated heterocycles. The second-order valence-electron chi connectivity index (χ2n) is 4.33. The Morgan fingerprint density at radius 1 is 1.38 bits per heavy atom. The molecule has 0 spiro atoms. The maximum atomic E-state index is 5.90. The molecule has 1 aromatic rings. The van der Waals surface area contributed by atoms with Gasteiger partial charge in [-0.05, 0) is 55.5 Å². The summed E-state index contributed by atoms with van der Waals surface area (Å²) in [6, 6.07) is 2.21. The smallest absolute Gasteiger partial charge is 0.00970 e. The van der Waals surface area contributed by atoms with Crippen LogP contribution in [-0.2, 0) is 6.42 Å². The number of hydrogen-bond donors (Lipinski definition) is 1. The lowest BCUT2D eigenvalue weighted by Crippen LogP contribution is -2.31. The predicted molar refractivity (Wildman–Crippen MR) is 60.1 cm³/mol. The quantitative estimate of drug-likeness (QED) is 0.721. The van der Waals surface area contributed by atoms with Crippen LogP contribution in [0.4, 0.5) is 0 Å². The third kappa shape index (κ3) is 5.06. The van der Waals surface area contributed by atoms with Gasteiger partial charge in [0.2, 0.25) is 0 Å². The number of hydrogen-bond acceptors (Lipinski definition) is 2. The first-order chi connectivity index (χ1) is 6.08. The van der Waals surface area contributed by atoms with Crippen molar-refractivity contribution in [2.45, 2.75) is 45.1 Å². The summed E-state index contributed by atoms with van der Waals surface area (Å²) in [7, 11) is 0. The summed E-state index contributed by atoms with van der Waals surface area (Å²) in [5.41, 5.74) is 7.38. The van der Waals surface area contributed by atoms with E-state index in [1.165, 1.54) is 24.8 Å². The van der Waals surface area contributed by atoms with Gasteiger partial charge in [0.05, 0.1) is 0 Å². The third-order valence-corrected chi connectivity index (χ3v) is 2.85. The Bertz CT molecular complexity index is 221. The molecule has 0 amide bonds. The first-order valence-corrected chi connectivity index (χ1v) is 5.82. The monoisotopic (exact) mass is 197 g/mol. The van der Waals surface area contributed by atoms with Gasteiger partial charge in [-0.2, -0.15) is 11.3 Å². The molecule has 1 heterocycles. The summed E-state index contributed by atoms with van der Waals surface area (Å²) in [5, 5.41) is 4.37. The van der Waals surface area contributed by atoms with E-state index in [0.717, 1.165) is 6.42 Å². The molecule has 1 rings (SSSR count). The van der Waals surface area contributed by atoms with Crippen LogP contribution in [0.1, 0.15) is 38.7 Å². The maximum absolute atomic E-state index is 5.90. The highest BCUT2D eigenvalue weighted by molar-refractivity contribution is 7.07. The zero-order valence-corrected chi connectivity index (χ0v) is 9.36. The fourth-order valence-electron chi connectivity index (χ4n) is 1.34. The van der Waals surface area contributed by atoms with Gasteiger partial charge in [0.1, 0.15) is 0 Å². The Hall–Kier alpha value is -0.340. The van der Waals surface area contributed by atoms with Crippen LogP contribution < -0.4 is 5.73 Å². The average Bonchev–Trinajstić information content (AvgIpc) is 2.48. The second-order valence-corrected chi connectivity index (χ2v) is 5.11. The van der Waals surface area contributed by atoms with E-state index in [1.54, 1.807) is 11.3 Å². The molecule has 0 saturated carbocycles. The van der Waals surface area contributed by atoms with E-state index < -0.39 is 0 Å². The normalized spacial score (nSPS) is 11.9. The minimum Gasteiger partial charge on any atom is -0.326 e. The summed E-state index contributed by atoms with van der Waals surface area (Å²) >= 11 is 1.78. The van der Waals surface area contributed by atoms with Crippen LogP contribution in [0.2, 0.25) is 0 Å². The van der Waals surface area contributed by atoms with E-state index in [1.807, 2.05) is 0 Å². The minimum atomic E-state index is 0.00858. The lowest BCUT2D eigenvalue weighted by atomic mass is 9.97. The highest BCUT2D eigenvalue weighted by atomic mass is 32.1. The number of nitrogens with two attached hydrogens (primary N) is 1. The molecule has 0 fully saturated rings. The SMILES string of the molecule is CC(C)(N)CCCCc1ccsc1. The number of aryl methyl sites for hydroxylation is 1. The lowest BCUT2D eigenvalue weighted by molar-refractivity contribution is 0.450. The van der Waals surface area contributed by atoms with Crippen molar-refractivity contribution in [1.29, 1.82) is 0 Å². The van der Waals surface area contributed by atoms with Gasteiger partial charge in [-0.1, -0.05) is 6.42 Å². The molecular formula is C11H19NS. The van der Waals surface area contributed by atoms with Gasteiger partial charge in [-0.25, -0.2) is 0 Å². The average molecular weight is 197 g/mol. The van der Waals surface area contributed by atoms with Gasteiger partial charge in [-0.3, -0.25) is 0 Å². The minimum absolute atomic E-state index is 0.00858. The molecule has 0 aromatic carbocycles. The molecule has 74 valence electrons. The Kier molecular flexibility index (Phi) is 3.94. The largest absolute Gasteiger partial charge is 0.326 e. The predicted octanol–water partition coefficient (Wildman–Crippen LogP) is 3.20. The van der Waals surface area contributed by atoms with Crippen LogP contribution in [0.5, 0.6) is 0 Å². The van der Waals surface area contributed by atoms with Crippen LogP contribution in [0.25, 0.3) is 0 Å². The van der Waals surface area contributed by atoms with Crippen LogP contribution in [-0.4, -0.2) is 5.54 Å². The van der Waals surface area contributed by atoms with E-state index in [9.17, 15) is 0 Å². The van der Waals surface area contributed by atoms with Crippen LogP contribution in [0.15, 0.2) is 16.8 Å². The van der Waals surface area contributed by atoms with Crippen molar-refractivity contribution in [1.82, 2.24) is 0 Å². The summed E-state index contributed by atoms with van der Waals surface area (Å²) in [6.45, 7) is 4.19. The van der Waals surface area contributed by atoms with E-state index in [4.69, 9.17) is 5.73 Å². The van der Waals surface area contributed by atoms with Crippen molar-refractivity contribution in [3.8, 4) is 0 Å². The van der Waals surface area contributed by atoms with Gasteiger partial charge in [0, 0.05) is 5.54 Å². The topological polar surface area (TPSA) is 26.0 Å². The van der Waals surface area contributed by atoms with E-state index in [0.29, 0.717) is 0 Å². The number of rotatable bonds is 5. The van der Waals surface area contributed by atoms with E-state index >= 15 is 0 Å². The summed E-state index contributed by atoms with van der Waals surface area (Å²) in [5.74, 6) is 0. The lowest BCUT2D eigenvalue weighted by Gasteiger charge is -2.17. The first kappa shape index (κ1) is 10.7. The zero-order valence-electron chi connectivity index (χ0n) is 8.55. The summed E-state index contributed by atoms with van der Waals surface area (Å²) < 4.78 is 0. The van der Waals surface area contributed by atoms with Crippen LogP contribution in [0, 0.1) is 0 Å². The van der Waals surface area contributed by atoms with Crippen molar-refractivity contribution in [2.24, 2.45) is 5.73 Å². The second kappa shape index (κ2) is 4.77. The Morgan fingerprint density at radius 3 is 2.69 bits per heavy atom. The molecule has 0 aliphatic carbocycles. The molecule has 2 heteroatoms. The first-order valence-electron chi connectivity index (χ1n) is 4.88. The zero-order chi connectivity index (χ0) is 9.73.